The Balaban J connectivity index is 1.59. The number of nitrogens with one attached hydrogen (secondary N) is 1. The summed E-state index contributed by atoms with van der Waals surface area (Å²) in [4.78, 5) is 24.3. The van der Waals surface area contributed by atoms with E-state index >= 15 is 0 Å². The normalized spacial score (nSPS) is 13.7. The Hall–Kier alpha value is -3.15. The molecule has 1 aliphatic rings. The van der Waals surface area contributed by atoms with Gasteiger partial charge >= 0.3 is 0 Å². The first-order chi connectivity index (χ1) is 13.2. The van der Waals surface area contributed by atoms with Gasteiger partial charge in [-0.3, -0.25) is 4.79 Å². The van der Waals surface area contributed by atoms with Gasteiger partial charge in [0.05, 0.1) is 24.6 Å². The molecule has 1 N–H and O–H groups in total. The number of methoxy groups -OCH3 is 1. The lowest BCUT2D eigenvalue weighted by atomic mass is 10.1. The van der Waals surface area contributed by atoms with Crippen LogP contribution in [0.5, 0.6) is 5.75 Å². The predicted molar refractivity (Wildman–Crippen MR) is 106 cm³/mol. The van der Waals surface area contributed by atoms with Crippen molar-refractivity contribution in [3.8, 4) is 5.75 Å². The number of rotatable bonds is 5. The van der Waals surface area contributed by atoms with Gasteiger partial charge in [-0.1, -0.05) is 24.3 Å². The van der Waals surface area contributed by atoms with Crippen LogP contribution in [-0.2, 0) is 11.2 Å². The van der Waals surface area contributed by atoms with Crippen LogP contribution in [0, 0.1) is 0 Å². The number of carbonyl (C=O) groups excluding carboxylic acids is 1. The minimum absolute atomic E-state index is 0.106. The zero-order valence-corrected chi connectivity index (χ0v) is 15.3. The Morgan fingerprint density at radius 2 is 1.70 bits per heavy atom. The summed E-state index contributed by atoms with van der Waals surface area (Å²) in [5, 5.41) is 2.97. The van der Waals surface area contributed by atoms with E-state index in [1.54, 1.807) is 7.11 Å². The predicted octanol–water partition coefficient (Wildman–Crippen LogP) is 3.42. The molecule has 0 radical (unpaired) electrons. The molecule has 4 rings (SSSR count). The molecule has 1 aromatic heterocycles. The smallest absolute Gasteiger partial charge is 0.230 e. The second kappa shape index (κ2) is 7.61. The zero-order valence-electron chi connectivity index (χ0n) is 15.3. The van der Waals surface area contributed by atoms with Crippen LogP contribution in [0.3, 0.4) is 0 Å². The van der Waals surface area contributed by atoms with Crippen LogP contribution >= 0.6 is 0 Å². The van der Waals surface area contributed by atoms with Crippen LogP contribution in [0.2, 0.25) is 0 Å². The van der Waals surface area contributed by atoms with Gasteiger partial charge in [0.1, 0.15) is 5.75 Å². The van der Waals surface area contributed by atoms with Gasteiger partial charge in [-0.05, 0) is 42.7 Å². The minimum Gasteiger partial charge on any atom is -0.497 e. The van der Waals surface area contributed by atoms with Crippen LogP contribution in [-0.4, -0.2) is 36.1 Å². The summed E-state index contributed by atoms with van der Waals surface area (Å²) in [7, 11) is 1.62. The van der Waals surface area contributed by atoms with E-state index in [0.29, 0.717) is 5.82 Å². The van der Waals surface area contributed by atoms with Crippen LogP contribution < -0.4 is 15.0 Å². The molecule has 2 heterocycles. The van der Waals surface area contributed by atoms with Gasteiger partial charge in [-0.15, -0.1) is 0 Å². The average Bonchev–Trinajstić information content (AvgIpc) is 3.22. The molecule has 0 atom stereocenters. The number of aromatic nitrogens is 2. The SMILES string of the molecule is COc1ccc(CC(=O)Nc2nc3ccccc3nc2N2CCCC2)cc1. The Morgan fingerprint density at radius 1 is 1.04 bits per heavy atom. The third-order valence-electron chi connectivity index (χ3n) is 4.74. The molecular formula is C21H22N4O2. The van der Waals surface area contributed by atoms with Crippen LogP contribution in [0.1, 0.15) is 18.4 Å². The molecule has 6 heteroatoms. The highest BCUT2D eigenvalue weighted by Gasteiger charge is 2.20. The van der Waals surface area contributed by atoms with E-state index in [1.807, 2.05) is 48.5 Å². The summed E-state index contributed by atoms with van der Waals surface area (Å²) in [5.41, 5.74) is 2.54. The first-order valence-electron chi connectivity index (χ1n) is 9.17. The molecule has 0 saturated carbocycles. The molecule has 0 bridgehead atoms. The second-order valence-corrected chi connectivity index (χ2v) is 6.65. The second-order valence-electron chi connectivity index (χ2n) is 6.65. The van der Waals surface area contributed by atoms with Gasteiger partial charge in [0.25, 0.3) is 0 Å². The van der Waals surface area contributed by atoms with Gasteiger partial charge in [0.2, 0.25) is 5.91 Å². The van der Waals surface area contributed by atoms with Crippen molar-refractivity contribution in [1.29, 1.82) is 0 Å². The van der Waals surface area contributed by atoms with E-state index < -0.39 is 0 Å². The summed E-state index contributed by atoms with van der Waals surface area (Å²) in [5.74, 6) is 1.96. The molecule has 3 aromatic rings. The van der Waals surface area contributed by atoms with Crippen LogP contribution in [0.4, 0.5) is 11.6 Å². The van der Waals surface area contributed by atoms with Gasteiger partial charge in [-0.2, -0.15) is 0 Å². The summed E-state index contributed by atoms with van der Waals surface area (Å²) in [6, 6.07) is 15.2. The molecular weight excluding hydrogens is 340 g/mol. The lowest BCUT2D eigenvalue weighted by Crippen LogP contribution is -2.24. The first-order valence-corrected chi connectivity index (χ1v) is 9.17. The molecule has 0 spiro atoms. The van der Waals surface area contributed by atoms with Crippen LogP contribution in [0.25, 0.3) is 11.0 Å². The molecule has 2 aromatic carbocycles. The number of benzene rings is 2. The Labute approximate surface area is 158 Å². The topological polar surface area (TPSA) is 67.3 Å². The van der Waals surface area contributed by atoms with E-state index in [2.05, 4.69) is 15.2 Å². The molecule has 1 aliphatic heterocycles. The van der Waals surface area contributed by atoms with E-state index in [9.17, 15) is 4.79 Å². The first kappa shape index (κ1) is 17.3. The number of nitrogens with zero attached hydrogens (tertiary/aromatic N) is 3. The quantitative estimate of drug-likeness (QED) is 0.753. The summed E-state index contributed by atoms with van der Waals surface area (Å²) in [6.45, 7) is 1.88. The van der Waals surface area contributed by atoms with Gasteiger partial charge in [-0.25, -0.2) is 9.97 Å². The van der Waals surface area contributed by atoms with E-state index in [1.165, 1.54) is 0 Å². The number of hydrogen-bond donors (Lipinski definition) is 1. The average molecular weight is 362 g/mol. The van der Waals surface area contributed by atoms with Crippen LogP contribution in [0.15, 0.2) is 48.5 Å². The van der Waals surface area contributed by atoms with Crippen molar-refractivity contribution >= 4 is 28.6 Å². The fourth-order valence-corrected chi connectivity index (χ4v) is 3.33. The van der Waals surface area contributed by atoms with Crippen molar-refractivity contribution in [3.63, 3.8) is 0 Å². The fraction of sp³-hybridized carbons (Fsp3) is 0.286. The fourth-order valence-electron chi connectivity index (χ4n) is 3.33. The molecule has 6 nitrogen and oxygen atoms in total. The van der Waals surface area contributed by atoms with Crippen molar-refractivity contribution in [1.82, 2.24) is 9.97 Å². The molecule has 27 heavy (non-hydrogen) atoms. The third kappa shape index (κ3) is 3.84. The number of amides is 1. The number of anilines is 2. The van der Waals surface area contributed by atoms with E-state index in [0.717, 1.165) is 54.1 Å². The standard InChI is InChI=1S/C21H22N4O2/c1-27-16-10-8-15(9-11-16)14-19(26)24-20-21(25-12-4-5-13-25)23-18-7-3-2-6-17(18)22-20/h2-3,6-11H,4-5,12-14H2,1H3,(H,22,24,26). The maximum atomic E-state index is 12.6. The Bertz CT molecular complexity index is 950. The monoisotopic (exact) mass is 362 g/mol. The number of ether oxygens (including phenoxy) is 1. The summed E-state index contributed by atoms with van der Waals surface area (Å²) in [6.07, 6.45) is 2.54. The van der Waals surface area contributed by atoms with E-state index in [-0.39, 0.29) is 12.3 Å². The molecule has 1 saturated heterocycles. The maximum absolute atomic E-state index is 12.6. The third-order valence-corrected chi connectivity index (χ3v) is 4.74. The molecule has 0 unspecified atom stereocenters. The van der Waals surface area contributed by atoms with Crippen molar-refractivity contribution < 1.29 is 9.53 Å². The van der Waals surface area contributed by atoms with Gasteiger partial charge < -0.3 is 15.0 Å². The van der Waals surface area contributed by atoms with Gasteiger partial charge in [0, 0.05) is 13.1 Å². The van der Waals surface area contributed by atoms with Crippen molar-refractivity contribution in [3.05, 3.63) is 54.1 Å². The lowest BCUT2D eigenvalue weighted by Gasteiger charge is -2.20. The summed E-state index contributed by atoms with van der Waals surface area (Å²) >= 11 is 0. The van der Waals surface area contributed by atoms with Crippen molar-refractivity contribution in [2.75, 3.05) is 30.4 Å². The molecule has 138 valence electrons. The Kier molecular flexibility index (Phi) is 4.87. The molecule has 1 fully saturated rings. The number of carbonyl (C=O) groups is 1. The summed E-state index contributed by atoms with van der Waals surface area (Å²) < 4.78 is 5.16. The number of para-hydroxylation sites is 2. The highest BCUT2D eigenvalue weighted by molar-refractivity contribution is 5.95. The van der Waals surface area contributed by atoms with Crippen molar-refractivity contribution in [2.45, 2.75) is 19.3 Å². The van der Waals surface area contributed by atoms with Gasteiger partial charge in [0.15, 0.2) is 11.6 Å². The lowest BCUT2D eigenvalue weighted by molar-refractivity contribution is -0.115. The van der Waals surface area contributed by atoms with E-state index in [4.69, 9.17) is 9.72 Å². The molecule has 0 aliphatic carbocycles. The highest BCUT2D eigenvalue weighted by Crippen LogP contribution is 2.28. The zero-order chi connectivity index (χ0) is 18.6. The highest BCUT2D eigenvalue weighted by atomic mass is 16.5. The number of hydrogen-bond acceptors (Lipinski definition) is 5. The maximum Gasteiger partial charge on any atom is 0.230 e. The largest absolute Gasteiger partial charge is 0.497 e. The Morgan fingerprint density at radius 3 is 2.37 bits per heavy atom. The minimum atomic E-state index is -0.106. The van der Waals surface area contributed by atoms with Crippen molar-refractivity contribution in [2.24, 2.45) is 0 Å². The number of fused-ring (bicyclic) bond motifs is 1. The molecule has 1 amide bonds.